The van der Waals surface area contributed by atoms with Gasteiger partial charge in [-0.2, -0.15) is 11.3 Å². The molecule has 1 N–H and O–H groups in total. The summed E-state index contributed by atoms with van der Waals surface area (Å²) in [5.41, 5.74) is 4.74. The van der Waals surface area contributed by atoms with Crippen LogP contribution >= 0.6 is 34.9 Å². The van der Waals surface area contributed by atoms with Crippen LogP contribution in [0, 0.1) is 0 Å². The van der Waals surface area contributed by atoms with Crippen LogP contribution in [-0.2, 0) is 24.8 Å². The maximum Gasteiger partial charge on any atom is 0.228 e. The molecule has 0 aliphatic heterocycles. The molecule has 2 aromatic heterocycles. The third kappa shape index (κ3) is 7.54. The van der Waals surface area contributed by atoms with E-state index >= 15 is 0 Å². The van der Waals surface area contributed by atoms with Crippen molar-refractivity contribution in [3.05, 3.63) is 99.2 Å². The fourth-order valence-electron chi connectivity index (χ4n) is 4.81. The van der Waals surface area contributed by atoms with E-state index in [0.717, 1.165) is 40.7 Å². The van der Waals surface area contributed by atoms with E-state index < -0.39 is 0 Å². The lowest BCUT2D eigenvalue weighted by Crippen LogP contribution is -2.32. The number of halogens is 1. The number of thiophene rings is 1. The fourth-order valence-corrected chi connectivity index (χ4v) is 6.70. The van der Waals surface area contributed by atoms with Crippen LogP contribution in [0.4, 0.5) is 5.69 Å². The van der Waals surface area contributed by atoms with E-state index in [0.29, 0.717) is 13.0 Å². The van der Waals surface area contributed by atoms with Crippen molar-refractivity contribution in [2.45, 2.75) is 69.9 Å². The summed E-state index contributed by atoms with van der Waals surface area (Å²) in [6.45, 7) is 6.56. The highest BCUT2D eigenvalue weighted by molar-refractivity contribution is 7.97. The van der Waals surface area contributed by atoms with E-state index in [1.165, 1.54) is 16.7 Å². The molecule has 4 aromatic rings. The van der Waals surface area contributed by atoms with Gasteiger partial charge in [-0.1, -0.05) is 44.5 Å². The lowest BCUT2D eigenvalue weighted by Gasteiger charge is -2.30. The number of benzene rings is 2. The summed E-state index contributed by atoms with van der Waals surface area (Å²) in [6, 6.07) is 16.7. The number of rotatable bonds is 9. The predicted molar refractivity (Wildman–Crippen MR) is 166 cm³/mol. The van der Waals surface area contributed by atoms with Crippen molar-refractivity contribution >= 4 is 46.5 Å². The van der Waals surface area contributed by atoms with Crippen molar-refractivity contribution in [1.29, 1.82) is 0 Å². The van der Waals surface area contributed by atoms with Crippen molar-refractivity contribution in [1.82, 2.24) is 14.3 Å². The van der Waals surface area contributed by atoms with Crippen LogP contribution < -0.4 is 9.62 Å². The molecule has 0 radical (unpaired) electrons. The Morgan fingerprint density at radius 3 is 2.82 bits per heavy atom. The van der Waals surface area contributed by atoms with Gasteiger partial charge in [0.05, 0.1) is 6.54 Å². The van der Waals surface area contributed by atoms with Crippen LogP contribution in [0.25, 0.3) is 0 Å². The van der Waals surface area contributed by atoms with Gasteiger partial charge in [0.15, 0.2) is 0 Å². The number of hydrogen-bond donors (Lipinski definition) is 1. The Labute approximate surface area is 245 Å². The Bertz CT molecular complexity index is 1350. The van der Waals surface area contributed by atoms with Gasteiger partial charge in [0, 0.05) is 47.5 Å². The molecule has 1 aliphatic rings. The van der Waals surface area contributed by atoms with Gasteiger partial charge in [-0.3, -0.25) is 9.52 Å². The van der Waals surface area contributed by atoms with E-state index in [1.54, 1.807) is 29.5 Å². The lowest BCUT2D eigenvalue weighted by molar-refractivity contribution is -0.119. The summed E-state index contributed by atoms with van der Waals surface area (Å²) in [4.78, 5) is 21.2. The van der Waals surface area contributed by atoms with Gasteiger partial charge in [0.1, 0.15) is 5.82 Å². The second-order valence-corrected chi connectivity index (χ2v) is 11.7. The quantitative estimate of drug-likeness (QED) is 0.201. The number of nitrogens with one attached hydrogen (secondary N) is 1. The number of anilines is 1. The first-order chi connectivity index (χ1) is 19.0. The van der Waals surface area contributed by atoms with Gasteiger partial charge in [0.2, 0.25) is 5.91 Å². The monoisotopic (exact) mass is 580 g/mol. The first kappa shape index (κ1) is 29.4. The zero-order valence-corrected chi connectivity index (χ0v) is 25.5. The van der Waals surface area contributed by atoms with E-state index in [4.69, 9.17) is 11.6 Å². The molecule has 1 amide bonds. The third-order valence-corrected chi connectivity index (χ3v) is 8.81. The molecule has 0 spiro atoms. The van der Waals surface area contributed by atoms with Crippen molar-refractivity contribution < 1.29 is 4.79 Å². The number of fused-ring (bicyclic) bond motifs is 1. The highest BCUT2D eigenvalue weighted by Crippen LogP contribution is 2.36. The zero-order valence-electron chi connectivity index (χ0n) is 23.1. The topological polar surface area (TPSA) is 50.2 Å². The van der Waals surface area contributed by atoms with Crippen molar-refractivity contribution in [2.75, 3.05) is 4.90 Å². The van der Waals surface area contributed by atoms with Crippen molar-refractivity contribution in [2.24, 2.45) is 7.05 Å². The first-order valence-corrected chi connectivity index (χ1v) is 15.7. The van der Waals surface area contributed by atoms with Gasteiger partial charge in [-0.15, -0.1) is 0 Å². The van der Waals surface area contributed by atoms with Gasteiger partial charge in [0.25, 0.3) is 0 Å². The molecule has 0 saturated carbocycles. The van der Waals surface area contributed by atoms with Crippen LogP contribution in [-0.4, -0.2) is 15.5 Å². The second kappa shape index (κ2) is 14.2. The summed E-state index contributed by atoms with van der Waals surface area (Å²) in [7, 11) is 1.97. The summed E-state index contributed by atoms with van der Waals surface area (Å²) in [5.74, 6) is 1.12. The number of amides is 1. The molecule has 0 fully saturated rings. The third-order valence-electron chi connectivity index (χ3n) is 6.99. The highest BCUT2D eigenvalue weighted by atomic mass is 35.5. The summed E-state index contributed by atoms with van der Waals surface area (Å²) in [6.07, 6.45) is 7.39. The predicted octanol–water partition coefficient (Wildman–Crippen LogP) is 8.56. The average molecular weight is 581 g/mol. The lowest BCUT2D eigenvalue weighted by atomic mass is 9.87. The van der Waals surface area contributed by atoms with Crippen LogP contribution in [0.1, 0.15) is 74.5 Å². The normalized spacial score (nSPS) is 15.2. The van der Waals surface area contributed by atoms with Gasteiger partial charge >= 0.3 is 0 Å². The van der Waals surface area contributed by atoms with Gasteiger partial charge in [-0.25, -0.2) is 4.98 Å². The van der Waals surface area contributed by atoms with Crippen LogP contribution in [0.15, 0.2) is 76.6 Å². The molecule has 2 atom stereocenters. The Hall–Kier alpha value is -2.58. The minimum atomic E-state index is 0.107. The van der Waals surface area contributed by atoms with Crippen molar-refractivity contribution in [3.63, 3.8) is 0 Å². The van der Waals surface area contributed by atoms with E-state index in [1.807, 2.05) is 54.8 Å². The number of aryl methyl sites for hydroxylation is 2. The van der Waals surface area contributed by atoms with Crippen LogP contribution in [0.2, 0.25) is 5.02 Å². The first-order valence-electron chi connectivity index (χ1n) is 13.6. The molecular weight excluding hydrogens is 544 g/mol. The smallest absolute Gasteiger partial charge is 0.228 e. The Morgan fingerprint density at radius 1 is 1.26 bits per heavy atom. The molecule has 39 heavy (non-hydrogen) atoms. The highest BCUT2D eigenvalue weighted by Gasteiger charge is 2.25. The van der Waals surface area contributed by atoms with Gasteiger partial charge < -0.3 is 9.47 Å². The minimum absolute atomic E-state index is 0.107. The van der Waals surface area contributed by atoms with Crippen molar-refractivity contribution in [3.8, 4) is 0 Å². The molecule has 1 aliphatic carbocycles. The number of hydrogen-bond acceptors (Lipinski definition) is 5. The second-order valence-electron chi connectivity index (χ2n) is 9.60. The number of nitrogens with zero attached hydrogens (tertiary/aromatic N) is 3. The Morgan fingerprint density at radius 2 is 2.10 bits per heavy atom. The number of imidazole rings is 1. The molecule has 2 heterocycles. The molecule has 5 rings (SSSR count). The number of aromatic nitrogens is 2. The maximum absolute atomic E-state index is 13.7. The van der Waals surface area contributed by atoms with E-state index in [2.05, 4.69) is 57.7 Å². The minimum Gasteiger partial charge on any atom is -0.337 e. The van der Waals surface area contributed by atoms with Crippen LogP contribution in [0.5, 0.6) is 0 Å². The average Bonchev–Trinajstić information content (AvgIpc) is 3.63. The van der Waals surface area contributed by atoms with Gasteiger partial charge in [-0.05, 0) is 101 Å². The molecular formula is C31H37ClN4OS2. The summed E-state index contributed by atoms with van der Waals surface area (Å²) >= 11 is 9.47. The van der Waals surface area contributed by atoms with E-state index in [9.17, 15) is 4.79 Å². The number of carbonyl (C=O) groups is 1. The molecule has 0 bridgehead atoms. The summed E-state index contributed by atoms with van der Waals surface area (Å²) in [5, 5.41) is 4.94. The molecule has 206 valence electrons. The molecule has 2 aromatic carbocycles. The maximum atomic E-state index is 13.7. The molecule has 2 unspecified atom stereocenters. The Balaban J connectivity index is 0.00000172. The van der Waals surface area contributed by atoms with E-state index in [-0.39, 0.29) is 17.9 Å². The Kier molecular flexibility index (Phi) is 10.7. The summed E-state index contributed by atoms with van der Waals surface area (Å²) < 4.78 is 5.64. The molecule has 5 nitrogen and oxygen atoms in total. The SMILES string of the molecule is CC.CC(CC(=O)N(Cc1nccn1C)c1ccc2c(c1)C(NSc1cccc(Cl)c1)CCC2)c1ccsc1. The molecule has 0 saturated heterocycles. The zero-order chi connectivity index (χ0) is 27.8. The fraction of sp³-hybridized carbons (Fsp3) is 0.355. The largest absolute Gasteiger partial charge is 0.337 e. The van der Waals surface area contributed by atoms with Crippen LogP contribution in [0.3, 0.4) is 0 Å². The molecule has 8 heteroatoms. The number of carbonyl (C=O) groups excluding carboxylic acids is 1. The standard InChI is InChI=1S/C29H31ClN4OS2.C2H6/c1-20(22-11-14-36-19-22)15-29(35)34(18-28-31-12-13-33(28)2)24-10-9-21-5-3-8-27(26(21)17-24)32-37-25-7-4-6-23(30)16-25;1-2/h4,6-7,9-14,16-17,19-20,27,32H,3,5,8,15,18H2,1-2H3;1-2H3.